The molecule has 0 fully saturated rings. The fourth-order valence-corrected chi connectivity index (χ4v) is 3.33. The number of halogens is 2. The number of rotatable bonds is 2. The van der Waals surface area contributed by atoms with Crippen LogP contribution in [0.25, 0.3) is 10.9 Å². The van der Waals surface area contributed by atoms with Gasteiger partial charge < -0.3 is 9.88 Å². The van der Waals surface area contributed by atoms with Crippen molar-refractivity contribution in [3.63, 3.8) is 0 Å². The Balaban J connectivity index is 1.58. The van der Waals surface area contributed by atoms with Crippen molar-refractivity contribution in [2.24, 2.45) is 0 Å². The Labute approximate surface area is 137 Å². The van der Waals surface area contributed by atoms with Crippen molar-refractivity contribution in [2.75, 3.05) is 6.54 Å². The van der Waals surface area contributed by atoms with Gasteiger partial charge in [0.1, 0.15) is 11.6 Å². The molecule has 1 N–H and O–H groups in total. The van der Waals surface area contributed by atoms with Crippen LogP contribution in [0.15, 0.2) is 42.5 Å². The minimum Gasteiger partial charge on any atom is -0.358 e. The van der Waals surface area contributed by atoms with Crippen LogP contribution >= 0.6 is 0 Å². The highest BCUT2D eigenvalue weighted by atomic mass is 19.1. The number of nitrogens with one attached hydrogen (secondary N) is 1. The Morgan fingerprint density at radius 1 is 1.12 bits per heavy atom. The molecule has 4 rings (SSSR count). The number of nitrogens with zero attached hydrogens (tertiary/aromatic N) is 1. The summed E-state index contributed by atoms with van der Waals surface area (Å²) in [6.07, 6.45) is 0.879. The number of aromatic amines is 1. The molecule has 0 saturated heterocycles. The van der Waals surface area contributed by atoms with Crippen LogP contribution in [0, 0.1) is 11.6 Å². The lowest BCUT2D eigenvalue weighted by Gasteiger charge is -2.27. The first-order valence-electron chi connectivity index (χ1n) is 7.91. The molecule has 1 amide bonds. The van der Waals surface area contributed by atoms with Crippen LogP contribution < -0.4 is 0 Å². The average molecular weight is 326 g/mol. The lowest BCUT2D eigenvalue weighted by atomic mass is 10.0. The standard InChI is InChI=1S/C19H16F2N2O/c20-13-3-1-2-12(8-13)9-19(24)23-7-6-18-16(11-23)15-10-14(21)4-5-17(15)22-18/h1-5,8,10,22H,6-7,9,11H2. The summed E-state index contributed by atoms with van der Waals surface area (Å²) in [5.74, 6) is -0.669. The molecule has 0 radical (unpaired) electrons. The SMILES string of the molecule is O=C(Cc1cccc(F)c1)N1CCc2[nH]c3ccc(F)cc3c2C1. The fraction of sp³-hybridized carbons (Fsp3) is 0.211. The van der Waals surface area contributed by atoms with E-state index in [4.69, 9.17) is 0 Å². The van der Waals surface area contributed by atoms with Crippen LogP contribution in [0.4, 0.5) is 8.78 Å². The Hall–Kier alpha value is -2.69. The summed E-state index contributed by atoms with van der Waals surface area (Å²) in [6.45, 7) is 1.06. The lowest BCUT2D eigenvalue weighted by molar-refractivity contribution is -0.131. The fourth-order valence-electron chi connectivity index (χ4n) is 3.33. The molecule has 0 bridgehead atoms. The molecule has 0 unspecified atom stereocenters. The van der Waals surface area contributed by atoms with E-state index in [1.54, 1.807) is 23.1 Å². The van der Waals surface area contributed by atoms with Gasteiger partial charge >= 0.3 is 0 Å². The predicted octanol–water partition coefficient (Wildman–Crippen LogP) is 3.57. The maximum absolute atomic E-state index is 13.5. The number of fused-ring (bicyclic) bond motifs is 3. The van der Waals surface area contributed by atoms with Crippen molar-refractivity contribution in [1.82, 2.24) is 9.88 Å². The quantitative estimate of drug-likeness (QED) is 0.768. The Kier molecular flexibility index (Phi) is 3.56. The zero-order valence-corrected chi connectivity index (χ0v) is 13.0. The smallest absolute Gasteiger partial charge is 0.227 e. The Bertz CT molecular complexity index is 932. The van der Waals surface area contributed by atoms with Gasteiger partial charge in [-0.2, -0.15) is 0 Å². The van der Waals surface area contributed by atoms with Crippen LogP contribution in [0.5, 0.6) is 0 Å². The van der Waals surface area contributed by atoms with E-state index < -0.39 is 0 Å². The van der Waals surface area contributed by atoms with Crippen LogP contribution in [-0.4, -0.2) is 22.3 Å². The number of amides is 1. The summed E-state index contributed by atoms with van der Waals surface area (Å²) >= 11 is 0. The third kappa shape index (κ3) is 2.66. The summed E-state index contributed by atoms with van der Waals surface area (Å²) in [7, 11) is 0. The summed E-state index contributed by atoms with van der Waals surface area (Å²) < 4.78 is 26.8. The minimum absolute atomic E-state index is 0.0444. The monoisotopic (exact) mass is 326 g/mol. The van der Waals surface area contributed by atoms with Crippen LogP contribution in [0.1, 0.15) is 16.8 Å². The van der Waals surface area contributed by atoms with E-state index in [2.05, 4.69) is 4.98 Å². The van der Waals surface area contributed by atoms with Crippen molar-refractivity contribution in [1.29, 1.82) is 0 Å². The molecule has 0 spiro atoms. The van der Waals surface area contributed by atoms with Gasteiger partial charge in [-0.15, -0.1) is 0 Å². The van der Waals surface area contributed by atoms with Crippen molar-refractivity contribution >= 4 is 16.8 Å². The third-order valence-corrected chi connectivity index (χ3v) is 4.53. The molecule has 0 saturated carbocycles. The maximum Gasteiger partial charge on any atom is 0.227 e. The maximum atomic E-state index is 13.5. The molecule has 0 atom stereocenters. The van der Waals surface area contributed by atoms with E-state index in [9.17, 15) is 13.6 Å². The molecule has 1 aliphatic rings. The minimum atomic E-state index is -0.340. The Morgan fingerprint density at radius 3 is 2.79 bits per heavy atom. The highest BCUT2D eigenvalue weighted by molar-refractivity contribution is 5.86. The second-order valence-corrected chi connectivity index (χ2v) is 6.14. The number of hydrogen-bond acceptors (Lipinski definition) is 1. The first kappa shape index (κ1) is 14.9. The van der Waals surface area contributed by atoms with Gasteiger partial charge in [0.15, 0.2) is 0 Å². The molecule has 3 nitrogen and oxygen atoms in total. The van der Waals surface area contributed by atoms with Gasteiger partial charge in [0.2, 0.25) is 5.91 Å². The Morgan fingerprint density at radius 2 is 1.96 bits per heavy atom. The first-order chi connectivity index (χ1) is 11.6. The molecule has 24 heavy (non-hydrogen) atoms. The summed E-state index contributed by atoms with van der Waals surface area (Å²) in [5, 5.41) is 0.827. The molecular weight excluding hydrogens is 310 g/mol. The van der Waals surface area contributed by atoms with Gasteiger partial charge in [-0.3, -0.25) is 4.79 Å². The lowest BCUT2D eigenvalue weighted by Crippen LogP contribution is -2.36. The number of carbonyl (C=O) groups excluding carboxylic acids is 1. The van der Waals surface area contributed by atoms with Crippen molar-refractivity contribution in [3.8, 4) is 0 Å². The first-order valence-corrected chi connectivity index (χ1v) is 7.91. The van der Waals surface area contributed by atoms with Gasteiger partial charge in [-0.1, -0.05) is 12.1 Å². The molecule has 1 aliphatic heterocycles. The van der Waals surface area contributed by atoms with Crippen LogP contribution in [-0.2, 0) is 24.2 Å². The summed E-state index contributed by atoms with van der Waals surface area (Å²) in [4.78, 5) is 17.6. The molecule has 0 aliphatic carbocycles. The second-order valence-electron chi connectivity index (χ2n) is 6.14. The van der Waals surface area contributed by atoms with Gasteiger partial charge in [-0.05, 0) is 35.9 Å². The zero-order valence-electron chi connectivity index (χ0n) is 13.0. The van der Waals surface area contributed by atoms with E-state index in [-0.39, 0.29) is 24.0 Å². The number of aromatic nitrogens is 1. The number of carbonyl (C=O) groups is 1. The van der Waals surface area contributed by atoms with Crippen LogP contribution in [0.2, 0.25) is 0 Å². The summed E-state index contributed by atoms with van der Waals surface area (Å²) in [6, 6.07) is 10.8. The highest BCUT2D eigenvalue weighted by Gasteiger charge is 2.24. The topological polar surface area (TPSA) is 36.1 Å². The van der Waals surface area contributed by atoms with E-state index in [0.29, 0.717) is 25.1 Å². The van der Waals surface area contributed by atoms with Gasteiger partial charge in [0, 0.05) is 41.7 Å². The number of hydrogen-bond donors (Lipinski definition) is 1. The van der Waals surface area contributed by atoms with Crippen molar-refractivity contribution in [3.05, 3.63) is 70.9 Å². The number of benzene rings is 2. The largest absolute Gasteiger partial charge is 0.358 e. The zero-order chi connectivity index (χ0) is 16.7. The molecular formula is C19H16F2N2O. The molecule has 2 aromatic carbocycles. The molecule has 5 heteroatoms. The predicted molar refractivity (Wildman–Crippen MR) is 87.5 cm³/mol. The normalized spacial score (nSPS) is 14.0. The third-order valence-electron chi connectivity index (χ3n) is 4.53. The summed E-state index contributed by atoms with van der Waals surface area (Å²) in [5.41, 5.74) is 3.59. The number of H-pyrrole nitrogens is 1. The van der Waals surface area contributed by atoms with E-state index in [1.165, 1.54) is 24.3 Å². The van der Waals surface area contributed by atoms with Crippen molar-refractivity contribution < 1.29 is 13.6 Å². The van der Waals surface area contributed by atoms with Gasteiger partial charge in [0.25, 0.3) is 0 Å². The molecule has 3 aromatic rings. The highest BCUT2D eigenvalue weighted by Crippen LogP contribution is 2.28. The van der Waals surface area contributed by atoms with E-state index in [1.807, 2.05) is 0 Å². The van der Waals surface area contributed by atoms with E-state index in [0.717, 1.165) is 22.2 Å². The van der Waals surface area contributed by atoms with Gasteiger partial charge in [0.05, 0.1) is 6.42 Å². The second kappa shape index (κ2) is 5.74. The van der Waals surface area contributed by atoms with Gasteiger partial charge in [-0.25, -0.2) is 8.78 Å². The van der Waals surface area contributed by atoms with Crippen LogP contribution in [0.3, 0.4) is 0 Å². The molecule has 1 aromatic heterocycles. The average Bonchev–Trinajstić information content (AvgIpc) is 2.92. The molecule has 122 valence electrons. The van der Waals surface area contributed by atoms with E-state index >= 15 is 0 Å². The molecule has 2 heterocycles. The van der Waals surface area contributed by atoms with Crippen molar-refractivity contribution in [2.45, 2.75) is 19.4 Å².